The van der Waals surface area contributed by atoms with E-state index in [2.05, 4.69) is 6.92 Å². The molecule has 0 aromatic heterocycles. The Kier molecular flexibility index (Phi) is 23.2. The summed E-state index contributed by atoms with van der Waals surface area (Å²) in [5.74, 6) is 0. The van der Waals surface area contributed by atoms with Gasteiger partial charge >= 0.3 is 18.2 Å². The van der Waals surface area contributed by atoms with Crippen LogP contribution in [0.2, 0.25) is 0 Å². The van der Waals surface area contributed by atoms with Crippen molar-refractivity contribution in [3.63, 3.8) is 0 Å². The van der Waals surface area contributed by atoms with Gasteiger partial charge < -0.3 is 22.9 Å². The van der Waals surface area contributed by atoms with Crippen molar-refractivity contribution in [1.82, 2.24) is 0 Å². The maximum atomic E-state index is 4.90. The van der Waals surface area contributed by atoms with Gasteiger partial charge in [-0.15, -0.1) is 0 Å². The Labute approximate surface area is 74.3 Å². The second kappa shape index (κ2) is 16.1. The van der Waals surface area contributed by atoms with Crippen LogP contribution in [0.3, 0.4) is 0 Å². The molecule has 4 heteroatoms. The summed E-state index contributed by atoms with van der Waals surface area (Å²) >= 11 is -0.639. The lowest BCUT2D eigenvalue weighted by Gasteiger charge is -1.89. The second-order valence-corrected chi connectivity index (χ2v) is 3.93. The lowest BCUT2D eigenvalue weighted by molar-refractivity contribution is 0.195. The molecule has 0 aliphatic carbocycles. The Morgan fingerprint density at radius 2 is 2.00 bits per heavy atom. The minimum atomic E-state index is -0.639. The normalized spacial score (nSPS) is 7.11. The molecule has 0 aliphatic rings. The van der Waals surface area contributed by atoms with Gasteiger partial charge in [-0.25, -0.2) is 0 Å². The van der Waals surface area contributed by atoms with Crippen molar-refractivity contribution >= 4 is 36.3 Å². The molecule has 9 heavy (non-hydrogen) atoms. The van der Waals surface area contributed by atoms with Crippen LogP contribution < -0.4 is 0 Å². The summed E-state index contributed by atoms with van der Waals surface area (Å²) in [4.78, 5) is 0. The van der Waals surface area contributed by atoms with E-state index < -0.39 is 18.2 Å². The Hall–Kier alpha value is 1.31. The molecule has 0 aromatic carbocycles. The Morgan fingerprint density at radius 1 is 1.56 bits per heavy atom. The highest BCUT2D eigenvalue weighted by Gasteiger charge is 1.74. The standard InChI is InChI=1S/C5H11O.2ClH.Mg/c1-3-4-5-6-2;;;/h1,3-5H2,2H3;2*1H;/q;;;+2/p-2. The van der Waals surface area contributed by atoms with Crippen molar-refractivity contribution in [3.8, 4) is 0 Å². The van der Waals surface area contributed by atoms with Crippen molar-refractivity contribution in [2.24, 2.45) is 0 Å². The van der Waals surface area contributed by atoms with Gasteiger partial charge in [0.1, 0.15) is 0 Å². The lowest BCUT2D eigenvalue weighted by atomic mass is 10.4. The van der Waals surface area contributed by atoms with Gasteiger partial charge in [-0.2, -0.15) is 0 Å². The SMILES string of the molecule is [CH2]CCCOC.[Cl][Mg][Cl]. The summed E-state index contributed by atoms with van der Waals surface area (Å²) in [5, 5.41) is 0. The average Bonchev–Trinajstić information content (AvgIpc) is 1.86. The lowest BCUT2D eigenvalue weighted by Crippen LogP contribution is -1.84. The monoisotopic (exact) mass is 181 g/mol. The molecule has 0 fully saturated rings. The molecule has 0 unspecified atom stereocenters. The van der Waals surface area contributed by atoms with Crippen molar-refractivity contribution in [3.05, 3.63) is 6.92 Å². The number of ether oxygens (including phenoxy) is 1. The van der Waals surface area contributed by atoms with Crippen LogP contribution in [0, 0.1) is 6.92 Å². The molecule has 1 radical (unpaired) electrons. The Balaban J connectivity index is 0. The van der Waals surface area contributed by atoms with Gasteiger partial charge in [0, 0.05) is 13.7 Å². The maximum Gasteiger partial charge on any atom is 0.618 e. The van der Waals surface area contributed by atoms with Crippen LogP contribution in [0.4, 0.5) is 0 Å². The number of hydrogen-bond acceptors (Lipinski definition) is 1. The summed E-state index contributed by atoms with van der Waals surface area (Å²) < 4.78 is 4.74. The summed E-state index contributed by atoms with van der Waals surface area (Å²) in [5.41, 5.74) is 0. The fourth-order valence-electron chi connectivity index (χ4n) is 0.246. The van der Waals surface area contributed by atoms with Crippen molar-refractivity contribution in [2.45, 2.75) is 12.8 Å². The second-order valence-electron chi connectivity index (χ2n) is 1.30. The molecule has 0 saturated carbocycles. The van der Waals surface area contributed by atoms with E-state index in [0.717, 1.165) is 19.4 Å². The van der Waals surface area contributed by atoms with Crippen molar-refractivity contribution in [2.75, 3.05) is 13.7 Å². The van der Waals surface area contributed by atoms with Crippen LogP contribution in [0.15, 0.2) is 0 Å². The van der Waals surface area contributed by atoms with Crippen LogP contribution in [0.5, 0.6) is 0 Å². The van der Waals surface area contributed by atoms with Crippen LogP contribution in [-0.2, 0) is 4.74 Å². The molecule has 0 aromatic rings. The molecular formula is C5H11Cl2MgO. The van der Waals surface area contributed by atoms with E-state index in [9.17, 15) is 0 Å². The molecule has 0 heterocycles. The Morgan fingerprint density at radius 3 is 2.11 bits per heavy atom. The fourth-order valence-corrected chi connectivity index (χ4v) is 0.246. The summed E-state index contributed by atoms with van der Waals surface area (Å²) in [7, 11) is 11.5. The van der Waals surface area contributed by atoms with Gasteiger partial charge in [0.25, 0.3) is 0 Å². The van der Waals surface area contributed by atoms with Crippen LogP contribution in [0.25, 0.3) is 0 Å². The molecule has 0 aliphatic heterocycles. The molecule has 0 atom stereocenters. The van der Waals surface area contributed by atoms with Gasteiger partial charge in [0.2, 0.25) is 0 Å². The first-order chi connectivity index (χ1) is 4.33. The average molecular weight is 182 g/mol. The molecule has 0 amide bonds. The summed E-state index contributed by atoms with van der Waals surface area (Å²) in [6.07, 6.45) is 2.06. The topological polar surface area (TPSA) is 9.23 Å². The predicted octanol–water partition coefficient (Wildman–Crippen LogP) is 2.25. The van der Waals surface area contributed by atoms with E-state index in [1.807, 2.05) is 0 Å². The highest BCUT2D eigenvalue weighted by Crippen LogP contribution is 1.82. The van der Waals surface area contributed by atoms with Crippen LogP contribution >= 0.6 is 18.1 Å². The Bertz CT molecular complexity index is 34.1. The third-order valence-corrected chi connectivity index (χ3v) is 0.598. The van der Waals surface area contributed by atoms with Crippen molar-refractivity contribution < 1.29 is 4.74 Å². The molecule has 0 spiro atoms. The predicted molar refractivity (Wildman–Crippen MR) is 43.9 cm³/mol. The number of methoxy groups -OCH3 is 1. The number of hydrogen-bond donors (Lipinski definition) is 0. The van der Waals surface area contributed by atoms with Gasteiger partial charge in [0.15, 0.2) is 0 Å². The largest absolute Gasteiger partial charge is 0.618 e. The van der Waals surface area contributed by atoms with E-state index in [1.165, 1.54) is 0 Å². The minimum absolute atomic E-state index is 0.639. The third-order valence-electron chi connectivity index (χ3n) is 0.598. The summed E-state index contributed by atoms with van der Waals surface area (Å²) in [6, 6.07) is 0. The number of rotatable bonds is 3. The zero-order chi connectivity index (χ0) is 7.54. The molecule has 1 nitrogen and oxygen atoms in total. The van der Waals surface area contributed by atoms with Crippen molar-refractivity contribution in [1.29, 1.82) is 0 Å². The molecule has 53 valence electrons. The number of unbranched alkanes of at least 4 members (excludes halogenated alkanes) is 1. The van der Waals surface area contributed by atoms with E-state index in [4.69, 9.17) is 22.9 Å². The highest BCUT2D eigenvalue weighted by atomic mass is 35.6. The summed E-state index contributed by atoms with van der Waals surface area (Å²) in [6.45, 7) is 4.49. The van der Waals surface area contributed by atoms with E-state index in [0.29, 0.717) is 0 Å². The van der Waals surface area contributed by atoms with Gasteiger partial charge in [-0.05, 0) is 6.42 Å². The first-order valence-corrected chi connectivity index (χ1v) is 7.01. The first kappa shape index (κ1) is 12.9. The first-order valence-electron chi connectivity index (χ1n) is 2.73. The molecule has 0 N–H and O–H groups in total. The van der Waals surface area contributed by atoms with Gasteiger partial charge in [0.05, 0.1) is 0 Å². The van der Waals surface area contributed by atoms with E-state index in [-0.39, 0.29) is 0 Å². The quantitative estimate of drug-likeness (QED) is 0.480. The third kappa shape index (κ3) is 26.8. The van der Waals surface area contributed by atoms with E-state index in [1.54, 1.807) is 7.11 Å². The molecule has 0 saturated heterocycles. The van der Waals surface area contributed by atoms with E-state index >= 15 is 0 Å². The zero-order valence-corrected chi connectivity index (χ0v) is 8.63. The smallest absolute Gasteiger partial charge is 0.385 e. The number of halogens is 2. The molecular weight excluding hydrogens is 171 g/mol. The highest BCUT2D eigenvalue weighted by molar-refractivity contribution is 7.22. The molecule has 0 bridgehead atoms. The maximum absolute atomic E-state index is 4.90. The van der Waals surface area contributed by atoms with Crippen LogP contribution in [0.1, 0.15) is 12.8 Å². The zero-order valence-electron chi connectivity index (χ0n) is 5.70. The minimum Gasteiger partial charge on any atom is -0.385 e. The van der Waals surface area contributed by atoms with Gasteiger partial charge in [-0.1, -0.05) is 13.3 Å². The molecule has 0 rings (SSSR count). The fraction of sp³-hybridized carbons (Fsp3) is 0.800. The van der Waals surface area contributed by atoms with Gasteiger partial charge in [-0.3, -0.25) is 0 Å². The van der Waals surface area contributed by atoms with Crippen LogP contribution in [-0.4, -0.2) is 31.9 Å².